The average Bonchev–Trinajstić information content (AvgIpc) is 3.44. The Morgan fingerprint density at radius 1 is 1.16 bits per heavy atom. The zero-order valence-electron chi connectivity index (χ0n) is 14.7. The molecule has 0 bridgehead atoms. The fraction of sp³-hybridized carbons (Fsp3) is 0.429. The van der Waals surface area contributed by atoms with Crippen LogP contribution in [0.1, 0.15) is 30.4 Å². The summed E-state index contributed by atoms with van der Waals surface area (Å²) in [6, 6.07) is 14.9. The van der Waals surface area contributed by atoms with Crippen LogP contribution in [0.4, 0.5) is 0 Å². The first kappa shape index (κ1) is 16.3. The minimum atomic E-state index is 0.160. The maximum Gasteiger partial charge on any atom is 0.226 e. The highest BCUT2D eigenvalue weighted by molar-refractivity contribution is 5.83. The molecule has 1 aromatic carbocycles. The quantitative estimate of drug-likeness (QED) is 0.862. The Labute approximate surface area is 149 Å². The fourth-order valence-corrected chi connectivity index (χ4v) is 3.99. The van der Waals surface area contributed by atoms with Crippen LogP contribution in [0, 0.1) is 5.92 Å². The van der Waals surface area contributed by atoms with E-state index in [0.717, 1.165) is 32.6 Å². The highest BCUT2D eigenvalue weighted by Crippen LogP contribution is 2.48. The monoisotopic (exact) mass is 335 g/mol. The molecular formula is C21H25N3O. The standard InChI is InChI=1S/C21H25N3O/c1-16-14-23(15-17-6-3-2-4-7-17)10-11-24(16)21(25)20-12-19(20)18-8-5-9-22-13-18/h2-9,13,16,19-20H,10-12,14-15H2,1H3. The molecule has 4 heteroatoms. The van der Waals surface area contributed by atoms with E-state index in [1.54, 1.807) is 6.20 Å². The van der Waals surface area contributed by atoms with Crippen LogP contribution in [0.3, 0.4) is 0 Å². The molecule has 1 aliphatic heterocycles. The Morgan fingerprint density at radius 2 is 2.00 bits per heavy atom. The van der Waals surface area contributed by atoms with Gasteiger partial charge < -0.3 is 4.90 Å². The van der Waals surface area contributed by atoms with Crippen LogP contribution in [0.25, 0.3) is 0 Å². The summed E-state index contributed by atoms with van der Waals surface area (Å²) in [4.78, 5) is 21.6. The molecule has 4 rings (SSSR count). The predicted octanol–water partition coefficient (Wildman–Crippen LogP) is 2.92. The first-order valence-corrected chi connectivity index (χ1v) is 9.19. The van der Waals surface area contributed by atoms with E-state index >= 15 is 0 Å². The highest BCUT2D eigenvalue weighted by Gasteiger charge is 2.47. The fourth-order valence-electron chi connectivity index (χ4n) is 3.99. The van der Waals surface area contributed by atoms with E-state index in [1.807, 2.05) is 12.3 Å². The number of carbonyl (C=O) groups excluding carboxylic acids is 1. The molecule has 0 N–H and O–H groups in total. The summed E-state index contributed by atoms with van der Waals surface area (Å²) in [6.07, 6.45) is 4.66. The van der Waals surface area contributed by atoms with Crippen molar-refractivity contribution < 1.29 is 4.79 Å². The van der Waals surface area contributed by atoms with Gasteiger partial charge >= 0.3 is 0 Å². The molecule has 1 amide bonds. The third-order valence-electron chi connectivity index (χ3n) is 5.46. The number of benzene rings is 1. The first-order chi connectivity index (χ1) is 12.2. The highest BCUT2D eigenvalue weighted by atomic mass is 16.2. The molecule has 1 aliphatic carbocycles. The van der Waals surface area contributed by atoms with Gasteiger partial charge in [0.1, 0.15) is 0 Å². The SMILES string of the molecule is CC1CN(Cc2ccccc2)CCN1C(=O)C1CC1c1cccnc1. The van der Waals surface area contributed by atoms with Crippen LogP contribution < -0.4 is 0 Å². The van der Waals surface area contributed by atoms with Crippen molar-refractivity contribution in [1.82, 2.24) is 14.8 Å². The summed E-state index contributed by atoms with van der Waals surface area (Å²) in [5.74, 6) is 0.865. The van der Waals surface area contributed by atoms with Crippen molar-refractivity contribution in [2.24, 2.45) is 5.92 Å². The van der Waals surface area contributed by atoms with E-state index in [-0.39, 0.29) is 12.0 Å². The van der Waals surface area contributed by atoms with Gasteiger partial charge in [-0.25, -0.2) is 0 Å². The minimum absolute atomic E-state index is 0.160. The van der Waals surface area contributed by atoms with Crippen molar-refractivity contribution in [3.8, 4) is 0 Å². The van der Waals surface area contributed by atoms with Crippen LogP contribution in [-0.2, 0) is 11.3 Å². The van der Waals surface area contributed by atoms with E-state index in [0.29, 0.717) is 11.8 Å². The van der Waals surface area contributed by atoms with Crippen LogP contribution in [0.15, 0.2) is 54.9 Å². The van der Waals surface area contributed by atoms with Gasteiger partial charge in [-0.1, -0.05) is 36.4 Å². The summed E-state index contributed by atoms with van der Waals surface area (Å²) in [5, 5.41) is 0. The molecule has 2 aromatic rings. The zero-order valence-corrected chi connectivity index (χ0v) is 14.7. The molecule has 1 saturated carbocycles. The number of nitrogens with zero attached hydrogens (tertiary/aromatic N) is 3. The van der Waals surface area contributed by atoms with E-state index in [2.05, 4.69) is 58.1 Å². The molecule has 0 spiro atoms. The van der Waals surface area contributed by atoms with Crippen molar-refractivity contribution in [2.45, 2.75) is 31.8 Å². The number of piperazine rings is 1. The summed E-state index contributed by atoms with van der Waals surface area (Å²) in [6.45, 7) is 5.88. The predicted molar refractivity (Wildman–Crippen MR) is 98.0 cm³/mol. The molecule has 3 atom stereocenters. The van der Waals surface area contributed by atoms with Crippen molar-refractivity contribution in [3.05, 3.63) is 66.0 Å². The van der Waals surface area contributed by atoms with Gasteiger partial charge in [-0.2, -0.15) is 0 Å². The molecule has 3 unspecified atom stereocenters. The Bertz CT molecular complexity index is 718. The van der Waals surface area contributed by atoms with Crippen molar-refractivity contribution in [1.29, 1.82) is 0 Å². The summed E-state index contributed by atoms with van der Waals surface area (Å²) in [7, 11) is 0. The number of aromatic nitrogens is 1. The van der Waals surface area contributed by atoms with Crippen molar-refractivity contribution >= 4 is 5.91 Å². The molecule has 1 aromatic heterocycles. The number of carbonyl (C=O) groups is 1. The molecule has 2 fully saturated rings. The lowest BCUT2D eigenvalue weighted by Gasteiger charge is -2.40. The van der Waals surface area contributed by atoms with Gasteiger partial charge in [0.25, 0.3) is 0 Å². The lowest BCUT2D eigenvalue weighted by Crippen LogP contribution is -2.54. The molecule has 25 heavy (non-hydrogen) atoms. The van der Waals surface area contributed by atoms with E-state index in [4.69, 9.17) is 0 Å². The Hall–Kier alpha value is -2.20. The minimum Gasteiger partial charge on any atom is -0.337 e. The van der Waals surface area contributed by atoms with Crippen molar-refractivity contribution in [3.63, 3.8) is 0 Å². The zero-order chi connectivity index (χ0) is 17.2. The number of hydrogen-bond acceptors (Lipinski definition) is 3. The lowest BCUT2D eigenvalue weighted by molar-refractivity contribution is -0.137. The summed E-state index contributed by atoms with van der Waals surface area (Å²) < 4.78 is 0. The Kier molecular flexibility index (Phi) is 4.53. The van der Waals surface area contributed by atoms with Gasteiger partial charge in [0.2, 0.25) is 5.91 Å². The second-order valence-corrected chi connectivity index (χ2v) is 7.34. The molecule has 2 heterocycles. The van der Waals surface area contributed by atoms with Gasteiger partial charge in [-0.3, -0.25) is 14.7 Å². The third kappa shape index (κ3) is 3.59. The number of pyridine rings is 1. The van der Waals surface area contributed by atoms with Gasteiger partial charge in [0.15, 0.2) is 0 Å². The van der Waals surface area contributed by atoms with E-state index in [9.17, 15) is 4.79 Å². The van der Waals surface area contributed by atoms with Crippen molar-refractivity contribution in [2.75, 3.05) is 19.6 Å². The number of rotatable bonds is 4. The van der Waals surface area contributed by atoms with E-state index in [1.165, 1.54) is 11.1 Å². The summed E-state index contributed by atoms with van der Waals surface area (Å²) >= 11 is 0. The normalized spacial score (nSPS) is 26.4. The van der Waals surface area contributed by atoms with Gasteiger partial charge in [-0.15, -0.1) is 0 Å². The molecule has 0 radical (unpaired) electrons. The van der Waals surface area contributed by atoms with Crippen LogP contribution >= 0.6 is 0 Å². The molecule has 4 nitrogen and oxygen atoms in total. The molecule has 2 aliphatic rings. The second kappa shape index (κ2) is 6.96. The van der Waals surface area contributed by atoms with Crippen LogP contribution in [0.5, 0.6) is 0 Å². The maximum atomic E-state index is 12.9. The average molecular weight is 335 g/mol. The lowest BCUT2D eigenvalue weighted by atomic mass is 10.1. The number of hydrogen-bond donors (Lipinski definition) is 0. The Balaban J connectivity index is 1.33. The molecule has 130 valence electrons. The van der Waals surface area contributed by atoms with Gasteiger partial charge in [-0.05, 0) is 36.5 Å². The van der Waals surface area contributed by atoms with Gasteiger partial charge in [0.05, 0.1) is 0 Å². The molecular weight excluding hydrogens is 310 g/mol. The van der Waals surface area contributed by atoms with Crippen LogP contribution in [0.2, 0.25) is 0 Å². The summed E-state index contributed by atoms with van der Waals surface area (Å²) in [5.41, 5.74) is 2.55. The molecule has 1 saturated heterocycles. The maximum absolute atomic E-state index is 12.9. The third-order valence-corrected chi connectivity index (χ3v) is 5.46. The van der Waals surface area contributed by atoms with E-state index < -0.39 is 0 Å². The second-order valence-electron chi connectivity index (χ2n) is 7.34. The van der Waals surface area contributed by atoms with Gasteiger partial charge in [0, 0.05) is 50.5 Å². The van der Waals surface area contributed by atoms with Crippen LogP contribution in [-0.4, -0.2) is 46.4 Å². The Morgan fingerprint density at radius 3 is 2.72 bits per heavy atom. The topological polar surface area (TPSA) is 36.4 Å². The smallest absolute Gasteiger partial charge is 0.226 e. The first-order valence-electron chi connectivity index (χ1n) is 9.19. The largest absolute Gasteiger partial charge is 0.337 e. The number of amides is 1.